The third-order valence-corrected chi connectivity index (χ3v) is 5.21. The van der Waals surface area contributed by atoms with E-state index in [2.05, 4.69) is 4.28 Å². The predicted octanol–water partition coefficient (Wildman–Crippen LogP) is 4.15. The Morgan fingerprint density at radius 2 is 1.61 bits per heavy atom. The van der Waals surface area contributed by atoms with Crippen LogP contribution in [0, 0.1) is 0 Å². The summed E-state index contributed by atoms with van der Waals surface area (Å²) in [6.45, 7) is -0.948. The molecule has 0 amide bonds. The van der Waals surface area contributed by atoms with Gasteiger partial charge in [-0.05, 0) is 12.1 Å². The van der Waals surface area contributed by atoms with Gasteiger partial charge in [-0.1, -0.05) is 4.28 Å². The fourth-order valence-corrected chi connectivity index (χ4v) is 3.43. The number of nitrogens with zero attached hydrogens (tertiary/aromatic N) is 2. The number of benzene rings is 1. The van der Waals surface area contributed by atoms with Gasteiger partial charge in [0.2, 0.25) is 0 Å². The van der Waals surface area contributed by atoms with Crippen molar-refractivity contribution in [1.82, 2.24) is 4.65 Å². The van der Waals surface area contributed by atoms with Crippen LogP contribution < -0.4 is 9.55 Å². The highest BCUT2D eigenvalue weighted by molar-refractivity contribution is 7.87. The number of fused-ring (bicyclic) bond motifs is 1. The minimum atomic E-state index is -6.28. The van der Waals surface area contributed by atoms with Gasteiger partial charge >= 0.3 is 28.0 Å². The maximum Gasteiger partial charge on any atom is 0.528 e. The van der Waals surface area contributed by atoms with E-state index in [0.717, 1.165) is 6.92 Å². The van der Waals surface area contributed by atoms with Crippen LogP contribution in [0.15, 0.2) is 18.2 Å². The number of hydroxylamine groups is 2. The van der Waals surface area contributed by atoms with Crippen LogP contribution in [0.1, 0.15) is 12.5 Å². The summed E-state index contributed by atoms with van der Waals surface area (Å²) in [6, 6.07) is 1.28. The van der Waals surface area contributed by atoms with Gasteiger partial charge in [-0.25, -0.2) is 0 Å². The van der Waals surface area contributed by atoms with Crippen LogP contribution >= 0.6 is 0 Å². The molecule has 0 spiro atoms. The lowest BCUT2D eigenvalue weighted by molar-refractivity contribution is -0.137. The van der Waals surface area contributed by atoms with Crippen LogP contribution in [0.2, 0.25) is 0 Å². The summed E-state index contributed by atoms with van der Waals surface area (Å²) in [5, 5.41) is 0. The van der Waals surface area contributed by atoms with Crippen LogP contribution in [0.5, 0.6) is 0 Å². The lowest BCUT2D eigenvalue weighted by atomic mass is 10.1. The van der Waals surface area contributed by atoms with Crippen molar-refractivity contribution >= 4 is 21.5 Å². The first-order chi connectivity index (χ1) is 12.3. The maximum atomic E-state index is 12.9. The molecule has 1 aliphatic rings. The van der Waals surface area contributed by atoms with E-state index in [1.165, 1.54) is 0 Å². The Balaban J connectivity index is 2.66. The maximum absolute atomic E-state index is 12.9. The van der Waals surface area contributed by atoms with Gasteiger partial charge in [0, 0.05) is 13.0 Å². The van der Waals surface area contributed by atoms with Crippen molar-refractivity contribution < 1.29 is 52.2 Å². The summed E-state index contributed by atoms with van der Waals surface area (Å²) in [4.78, 5) is 0.302. The predicted molar refractivity (Wildman–Crippen MR) is 78.1 cm³/mol. The van der Waals surface area contributed by atoms with Crippen LogP contribution in [-0.2, 0) is 20.6 Å². The van der Waals surface area contributed by atoms with Gasteiger partial charge in [-0.2, -0.15) is 47.9 Å². The standard InChI is InChI=1S/C13H12F9N2O3S/c1-7-23(6-11(14,15)16)9-5-8(12(17,18)19)3-4-10(9)24(7,2)27-28(25,26)13(20,21)22/h3-5,7H,6H2,1-2H3/q+1. The van der Waals surface area contributed by atoms with Crippen molar-refractivity contribution in [2.24, 2.45) is 0 Å². The summed E-state index contributed by atoms with van der Waals surface area (Å²) in [7, 11) is -5.57. The van der Waals surface area contributed by atoms with Gasteiger partial charge < -0.3 is 4.90 Å². The van der Waals surface area contributed by atoms with Crippen molar-refractivity contribution in [2.45, 2.75) is 31.0 Å². The molecule has 2 atom stereocenters. The Labute approximate surface area is 152 Å². The highest BCUT2D eigenvalue weighted by Gasteiger charge is 2.59. The largest absolute Gasteiger partial charge is 0.528 e. The van der Waals surface area contributed by atoms with E-state index in [1.807, 2.05) is 0 Å². The summed E-state index contributed by atoms with van der Waals surface area (Å²) >= 11 is 0. The number of halogens is 9. The summed E-state index contributed by atoms with van der Waals surface area (Å²) < 4.78 is 141. The zero-order chi connectivity index (χ0) is 21.9. The van der Waals surface area contributed by atoms with Gasteiger partial charge in [0.25, 0.3) is 0 Å². The molecule has 0 radical (unpaired) electrons. The third kappa shape index (κ3) is 4.00. The molecule has 5 nitrogen and oxygen atoms in total. The normalized spacial score (nSPS) is 23.8. The number of rotatable bonds is 3. The van der Waals surface area contributed by atoms with Crippen molar-refractivity contribution in [2.75, 3.05) is 18.5 Å². The minimum Gasteiger partial charge on any atom is -0.306 e. The molecule has 0 saturated carbocycles. The third-order valence-electron chi connectivity index (χ3n) is 4.14. The lowest BCUT2D eigenvalue weighted by Crippen LogP contribution is -2.58. The Morgan fingerprint density at radius 1 is 1.07 bits per heavy atom. The molecule has 0 N–H and O–H groups in total. The summed E-state index contributed by atoms with van der Waals surface area (Å²) in [5.41, 5.74) is -8.62. The highest BCUT2D eigenvalue weighted by atomic mass is 32.2. The molecule has 0 fully saturated rings. The van der Waals surface area contributed by atoms with Crippen LogP contribution in [-0.4, -0.2) is 39.9 Å². The second-order valence-electron chi connectivity index (χ2n) is 6.04. The van der Waals surface area contributed by atoms with Gasteiger partial charge in [0.05, 0.1) is 5.56 Å². The first kappa shape index (κ1) is 22.5. The molecular formula is C13H12F9N2O3S+. The average molecular weight is 447 g/mol. The Kier molecular flexibility index (Phi) is 5.14. The first-order valence-corrected chi connectivity index (χ1v) is 8.64. The molecule has 1 aromatic rings. The second kappa shape index (κ2) is 6.38. The highest BCUT2D eigenvalue weighted by Crippen LogP contribution is 2.49. The first-order valence-electron chi connectivity index (χ1n) is 7.23. The number of hydrogen-bond donors (Lipinski definition) is 0. The van der Waals surface area contributed by atoms with Crippen molar-refractivity contribution in [3.05, 3.63) is 23.8 Å². The lowest BCUT2D eigenvalue weighted by Gasteiger charge is -2.32. The molecule has 15 heteroatoms. The number of hydrogen-bond acceptors (Lipinski definition) is 4. The fraction of sp³-hybridized carbons (Fsp3) is 0.538. The summed E-state index contributed by atoms with van der Waals surface area (Å²) in [5.74, 6) is 0. The van der Waals surface area contributed by atoms with E-state index >= 15 is 0 Å². The molecule has 0 aliphatic carbocycles. The van der Waals surface area contributed by atoms with E-state index in [-0.39, 0.29) is 0 Å². The average Bonchev–Trinajstić information content (AvgIpc) is 2.65. The zero-order valence-electron chi connectivity index (χ0n) is 13.9. The fourth-order valence-electron chi connectivity index (χ4n) is 2.73. The Bertz CT molecular complexity index is 863. The quantitative estimate of drug-likeness (QED) is 0.397. The van der Waals surface area contributed by atoms with E-state index in [0.29, 0.717) is 30.1 Å². The minimum absolute atomic E-state index is 0.296. The van der Waals surface area contributed by atoms with Crippen molar-refractivity contribution in [1.29, 1.82) is 0 Å². The molecule has 1 aliphatic heterocycles. The van der Waals surface area contributed by atoms with Crippen molar-refractivity contribution in [3.63, 3.8) is 0 Å². The van der Waals surface area contributed by atoms with Gasteiger partial charge in [-0.3, -0.25) is 0 Å². The SMILES string of the molecule is CC1N(CC(F)(F)F)c2cc(C(F)(F)F)ccc2[N+]1(C)OS(=O)(=O)C(F)(F)F. The Morgan fingerprint density at radius 3 is 2.04 bits per heavy atom. The smallest absolute Gasteiger partial charge is 0.306 e. The molecule has 2 unspecified atom stereocenters. The van der Waals surface area contributed by atoms with E-state index in [1.54, 1.807) is 0 Å². The van der Waals surface area contributed by atoms with Gasteiger partial charge in [0.1, 0.15) is 19.3 Å². The van der Waals surface area contributed by atoms with Crippen LogP contribution in [0.3, 0.4) is 0 Å². The summed E-state index contributed by atoms with van der Waals surface area (Å²) in [6.07, 6.45) is -11.7. The number of quaternary nitrogens is 1. The molecular weight excluding hydrogens is 435 g/mol. The molecule has 0 saturated heterocycles. The van der Waals surface area contributed by atoms with Gasteiger partial charge in [-0.15, -0.1) is 4.65 Å². The van der Waals surface area contributed by atoms with E-state index in [4.69, 9.17) is 0 Å². The van der Waals surface area contributed by atoms with E-state index < -0.39 is 62.3 Å². The number of anilines is 1. The molecule has 28 heavy (non-hydrogen) atoms. The second-order valence-corrected chi connectivity index (χ2v) is 7.56. The Hall–Kier alpha value is -1.74. The molecule has 1 heterocycles. The molecule has 0 aromatic heterocycles. The van der Waals surface area contributed by atoms with Crippen LogP contribution in [0.4, 0.5) is 50.9 Å². The van der Waals surface area contributed by atoms with Gasteiger partial charge in [0.15, 0.2) is 11.9 Å². The van der Waals surface area contributed by atoms with Crippen molar-refractivity contribution in [3.8, 4) is 0 Å². The van der Waals surface area contributed by atoms with Crippen LogP contribution in [0.25, 0.3) is 0 Å². The molecule has 0 bridgehead atoms. The molecule has 2 rings (SSSR count). The van der Waals surface area contributed by atoms with E-state index in [9.17, 15) is 47.9 Å². The molecule has 1 aromatic carbocycles. The molecule has 160 valence electrons. The monoisotopic (exact) mass is 447 g/mol. The topological polar surface area (TPSA) is 46.6 Å². The zero-order valence-corrected chi connectivity index (χ0v) is 14.8. The number of alkyl halides is 9.